The van der Waals surface area contributed by atoms with Gasteiger partial charge in [-0.1, -0.05) is 48.5 Å². The van der Waals surface area contributed by atoms with Crippen LogP contribution in [-0.4, -0.2) is 30.8 Å². The fourth-order valence-electron chi connectivity index (χ4n) is 3.51. The van der Waals surface area contributed by atoms with E-state index in [9.17, 15) is 18.3 Å². The zero-order valence-electron chi connectivity index (χ0n) is 14.4. The molecule has 4 rings (SSSR count). The minimum Gasteiger partial charge on any atom is -0.480 e. The van der Waals surface area contributed by atoms with E-state index >= 15 is 0 Å². The van der Waals surface area contributed by atoms with Crippen molar-refractivity contribution >= 4 is 27.8 Å². The smallest absolute Gasteiger partial charge is 0.325 e. The van der Waals surface area contributed by atoms with Crippen LogP contribution in [0, 0.1) is 0 Å². The first-order valence-corrected chi connectivity index (χ1v) is 11.2. The van der Waals surface area contributed by atoms with E-state index < -0.39 is 21.5 Å². The van der Waals surface area contributed by atoms with Gasteiger partial charge in [-0.2, -0.15) is 4.72 Å². The van der Waals surface area contributed by atoms with E-state index in [0.29, 0.717) is 0 Å². The molecule has 0 amide bonds. The number of carboxylic acids is 1. The molecule has 27 heavy (non-hydrogen) atoms. The summed E-state index contributed by atoms with van der Waals surface area (Å²) in [5.74, 6) is -0.280. The van der Waals surface area contributed by atoms with Crippen LogP contribution in [0.25, 0.3) is 0 Å². The van der Waals surface area contributed by atoms with Gasteiger partial charge in [0.15, 0.2) is 0 Å². The number of hydrogen-bond donors (Lipinski definition) is 2. The molecule has 3 atom stereocenters. The fraction of sp³-hybridized carbons (Fsp3) is 0.250. The van der Waals surface area contributed by atoms with Crippen molar-refractivity contribution in [1.29, 1.82) is 0 Å². The van der Waals surface area contributed by atoms with Crippen LogP contribution in [0.2, 0.25) is 0 Å². The lowest BCUT2D eigenvalue weighted by atomic mass is 10.0. The monoisotopic (exact) mass is 401 g/mol. The lowest BCUT2D eigenvalue weighted by Gasteiger charge is -2.16. The SMILES string of the molecule is O=C(O)C1(NS(=O)(=O)c2ccc(C3C=CSC3)cc2)CC1c1ccccc1. The number of benzene rings is 2. The third-order valence-corrected chi connectivity index (χ3v) is 7.59. The second kappa shape index (κ2) is 6.82. The standard InChI is InChI=1S/C20H19NO4S2/c22-19(23)20(12-18(20)15-4-2-1-3-5-15)21-27(24,25)17-8-6-14(7-9-17)16-10-11-26-13-16/h1-11,16,18,21H,12-13H2,(H,22,23). The average Bonchev–Trinajstić information content (AvgIpc) is 3.13. The molecule has 5 nitrogen and oxygen atoms in total. The van der Waals surface area contributed by atoms with E-state index in [1.165, 1.54) is 0 Å². The summed E-state index contributed by atoms with van der Waals surface area (Å²) in [5.41, 5.74) is 0.393. The maximum absolute atomic E-state index is 12.8. The average molecular weight is 402 g/mol. The molecule has 2 aromatic rings. The van der Waals surface area contributed by atoms with Crippen LogP contribution >= 0.6 is 11.8 Å². The Balaban J connectivity index is 1.57. The van der Waals surface area contributed by atoms with Gasteiger partial charge in [0.2, 0.25) is 10.0 Å². The van der Waals surface area contributed by atoms with E-state index in [-0.39, 0.29) is 23.2 Å². The summed E-state index contributed by atoms with van der Waals surface area (Å²) in [5, 5.41) is 11.7. The van der Waals surface area contributed by atoms with Gasteiger partial charge >= 0.3 is 5.97 Å². The van der Waals surface area contributed by atoms with Crippen LogP contribution in [-0.2, 0) is 14.8 Å². The zero-order valence-corrected chi connectivity index (χ0v) is 16.0. The number of thioether (sulfide) groups is 1. The third-order valence-electron chi connectivity index (χ3n) is 5.16. The molecule has 1 aliphatic carbocycles. The Bertz CT molecular complexity index is 986. The Labute approximate surface area is 162 Å². The second-order valence-corrected chi connectivity index (χ2v) is 9.51. The number of aliphatic carboxylic acids is 1. The van der Waals surface area contributed by atoms with Crippen molar-refractivity contribution in [3.05, 3.63) is 77.2 Å². The van der Waals surface area contributed by atoms with Crippen molar-refractivity contribution in [2.75, 3.05) is 5.75 Å². The van der Waals surface area contributed by atoms with Gasteiger partial charge in [-0.3, -0.25) is 4.79 Å². The molecule has 2 aromatic carbocycles. The highest BCUT2D eigenvalue weighted by Crippen LogP contribution is 2.52. The summed E-state index contributed by atoms with van der Waals surface area (Å²) in [6, 6.07) is 15.8. The molecule has 0 spiro atoms. The van der Waals surface area contributed by atoms with E-state index in [2.05, 4.69) is 10.8 Å². The van der Waals surface area contributed by atoms with Crippen molar-refractivity contribution in [2.24, 2.45) is 0 Å². The Morgan fingerprint density at radius 3 is 2.37 bits per heavy atom. The molecule has 3 unspecified atom stereocenters. The Hall–Kier alpha value is -2.09. The van der Waals surface area contributed by atoms with Gasteiger partial charge in [0.1, 0.15) is 5.54 Å². The summed E-state index contributed by atoms with van der Waals surface area (Å²) in [6.45, 7) is 0. The van der Waals surface area contributed by atoms with Gasteiger partial charge in [-0.15, -0.1) is 11.8 Å². The summed E-state index contributed by atoms with van der Waals surface area (Å²) < 4.78 is 28.1. The second-order valence-electron chi connectivity index (χ2n) is 6.89. The minimum atomic E-state index is -3.94. The molecule has 0 bridgehead atoms. The number of hydrogen-bond acceptors (Lipinski definition) is 4. The quantitative estimate of drug-likeness (QED) is 0.776. The number of allylic oxidation sites excluding steroid dienone is 1. The molecular weight excluding hydrogens is 382 g/mol. The molecule has 1 fully saturated rings. The molecular formula is C20H19NO4S2. The summed E-state index contributed by atoms with van der Waals surface area (Å²) in [6.07, 6.45) is 2.34. The Morgan fingerprint density at radius 1 is 1.07 bits per heavy atom. The molecule has 0 radical (unpaired) electrons. The molecule has 1 saturated carbocycles. The molecule has 0 saturated heterocycles. The number of carbonyl (C=O) groups is 1. The molecule has 140 valence electrons. The maximum Gasteiger partial charge on any atom is 0.325 e. The van der Waals surface area contributed by atoms with Crippen LogP contribution in [0.3, 0.4) is 0 Å². The molecule has 2 N–H and O–H groups in total. The van der Waals surface area contributed by atoms with E-state index in [4.69, 9.17) is 0 Å². The van der Waals surface area contributed by atoms with Crippen molar-refractivity contribution in [2.45, 2.75) is 28.7 Å². The summed E-state index contributed by atoms with van der Waals surface area (Å²) in [4.78, 5) is 12.0. The van der Waals surface area contributed by atoms with Crippen molar-refractivity contribution in [3.63, 3.8) is 0 Å². The first-order chi connectivity index (χ1) is 12.9. The van der Waals surface area contributed by atoms with Crippen LogP contribution < -0.4 is 4.72 Å². The molecule has 1 aliphatic heterocycles. The van der Waals surface area contributed by atoms with E-state index in [0.717, 1.165) is 16.9 Å². The van der Waals surface area contributed by atoms with E-state index in [1.54, 1.807) is 36.0 Å². The van der Waals surface area contributed by atoms with Crippen LogP contribution in [0.1, 0.15) is 29.4 Å². The van der Waals surface area contributed by atoms with Crippen LogP contribution in [0.4, 0.5) is 0 Å². The fourth-order valence-corrected chi connectivity index (χ4v) is 5.84. The number of sulfonamides is 1. The Kier molecular flexibility index (Phi) is 4.61. The predicted octanol–water partition coefficient (Wildman–Crippen LogP) is 3.32. The van der Waals surface area contributed by atoms with Gasteiger partial charge < -0.3 is 5.11 Å². The van der Waals surface area contributed by atoms with Gasteiger partial charge in [-0.05, 0) is 35.1 Å². The van der Waals surface area contributed by atoms with Crippen LogP contribution in [0.15, 0.2) is 71.0 Å². The molecule has 7 heteroatoms. The van der Waals surface area contributed by atoms with E-state index in [1.807, 2.05) is 35.7 Å². The highest BCUT2D eigenvalue weighted by molar-refractivity contribution is 8.02. The van der Waals surface area contributed by atoms with Crippen LogP contribution in [0.5, 0.6) is 0 Å². The minimum absolute atomic E-state index is 0.0835. The normalized spacial score (nSPS) is 26.8. The number of carboxylic acid groups (broad SMARTS) is 1. The summed E-state index contributed by atoms with van der Waals surface area (Å²) in [7, 11) is -3.94. The topological polar surface area (TPSA) is 83.5 Å². The third kappa shape index (κ3) is 3.42. The van der Waals surface area contributed by atoms with Gasteiger partial charge in [0.05, 0.1) is 4.90 Å². The number of rotatable bonds is 6. The van der Waals surface area contributed by atoms with Crippen molar-refractivity contribution < 1.29 is 18.3 Å². The lowest BCUT2D eigenvalue weighted by Crippen LogP contribution is -2.44. The first kappa shape index (κ1) is 18.3. The lowest BCUT2D eigenvalue weighted by molar-refractivity contribution is -0.140. The van der Waals surface area contributed by atoms with Gasteiger partial charge in [0, 0.05) is 17.6 Å². The largest absolute Gasteiger partial charge is 0.480 e. The van der Waals surface area contributed by atoms with Gasteiger partial charge in [-0.25, -0.2) is 8.42 Å². The van der Waals surface area contributed by atoms with Crippen molar-refractivity contribution in [3.8, 4) is 0 Å². The zero-order chi connectivity index (χ0) is 19.1. The first-order valence-electron chi connectivity index (χ1n) is 8.63. The maximum atomic E-state index is 12.8. The predicted molar refractivity (Wildman–Crippen MR) is 105 cm³/mol. The van der Waals surface area contributed by atoms with Gasteiger partial charge in [0.25, 0.3) is 0 Å². The summed E-state index contributed by atoms with van der Waals surface area (Å²) >= 11 is 1.73. The highest BCUT2D eigenvalue weighted by atomic mass is 32.2. The number of nitrogens with one attached hydrogen (secondary N) is 1. The molecule has 0 aromatic heterocycles. The highest BCUT2D eigenvalue weighted by Gasteiger charge is 2.63. The molecule has 2 aliphatic rings. The Morgan fingerprint density at radius 2 is 1.78 bits per heavy atom. The molecule has 1 heterocycles. The van der Waals surface area contributed by atoms with Crippen molar-refractivity contribution in [1.82, 2.24) is 4.72 Å².